The summed E-state index contributed by atoms with van der Waals surface area (Å²) in [6.07, 6.45) is 4.78. The number of anilines is 1. The van der Waals surface area contributed by atoms with E-state index in [1.165, 1.54) is 6.08 Å². The Hall–Kier alpha value is -2.84. The number of rotatable bonds is 7. The summed E-state index contributed by atoms with van der Waals surface area (Å²) in [5.74, 6) is 0.729. The smallest absolute Gasteiger partial charge is 0.289 e. The topological polar surface area (TPSA) is 104 Å². The number of hydrogen-bond donors (Lipinski definition) is 3. The lowest BCUT2D eigenvalue weighted by atomic mass is 10.1. The summed E-state index contributed by atoms with van der Waals surface area (Å²) in [4.78, 5) is 25.3. The van der Waals surface area contributed by atoms with Crippen molar-refractivity contribution in [2.45, 2.75) is 39.4 Å². The minimum absolute atomic E-state index is 0.0895. The molecule has 150 valence electrons. The Bertz CT molecular complexity index is 821. The van der Waals surface area contributed by atoms with Crippen molar-refractivity contribution in [2.24, 2.45) is 16.0 Å². The Morgan fingerprint density at radius 2 is 2.21 bits per heavy atom. The predicted molar refractivity (Wildman–Crippen MR) is 108 cm³/mol. The predicted octanol–water partition coefficient (Wildman–Crippen LogP) is 1.57. The van der Waals surface area contributed by atoms with Crippen LogP contribution in [0.2, 0.25) is 0 Å². The number of hydrazone groups is 1. The largest absolute Gasteiger partial charge is 0.370 e. The molecule has 8 nitrogen and oxygen atoms in total. The maximum absolute atomic E-state index is 13.5. The number of amides is 1. The fourth-order valence-electron chi connectivity index (χ4n) is 3.00. The van der Waals surface area contributed by atoms with E-state index in [1.807, 2.05) is 20.1 Å². The van der Waals surface area contributed by atoms with Gasteiger partial charge in [-0.3, -0.25) is 9.79 Å². The van der Waals surface area contributed by atoms with Crippen LogP contribution in [0.15, 0.2) is 21.7 Å². The van der Waals surface area contributed by atoms with Gasteiger partial charge in [-0.1, -0.05) is 0 Å². The van der Waals surface area contributed by atoms with Crippen LogP contribution in [0.4, 0.5) is 10.2 Å². The second kappa shape index (κ2) is 8.90. The molecule has 9 heteroatoms. The van der Waals surface area contributed by atoms with Crippen molar-refractivity contribution in [3.8, 4) is 0 Å². The Morgan fingerprint density at radius 1 is 1.39 bits per heavy atom. The Morgan fingerprint density at radius 3 is 2.93 bits per heavy atom. The number of carbonyl (C=O) groups excluding carboxylic acids is 1. The molecule has 3 heterocycles. The van der Waals surface area contributed by atoms with Crippen LogP contribution < -0.4 is 16.1 Å². The van der Waals surface area contributed by atoms with E-state index in [9.17, 15) is 9.18 Å². The quantitative estimate of drug-likeness (QED) is 0.659. The zero-order valence-electron chi connectivity index (χ0n) is 16.4. The lowest BCUT2D eigenvalue weighted by Gasteiger charge is -2.18. The van der Waals surface area contributed by atoms with Crippen LogP contribution in [0.3, 0.4) is 0 Å². The maximum atomic E-state index is 13.5. The molecule has 1 aromatic heterocycles. The Balaban J connectivity index is 1.65. The standard InChI is InChI=1S/C19H26FN7O/c1-11-12(2)25-18(27-17(11)22-5-4-14-7-23-24-8-14)19(28)26-13(3)15-6-16(20)10-21-9-15/h6-7,9,13-14,16,24H,4-5,8,10H2,1-3H3,(H,26,28)(H,22,25,27)/t13-,14?,16?/m1/s1. The molecule has 0 aliphatic carbocycles. The fraction of sp³-hybridized carbons (Fsp3) is 0.526. The normalized spacial score (nSPS) is 21.8. The van der Waals surface area contributed by atoms with E-state index in [1.54, 1.807) is 13.1 Å². The van der Waals surface area contributed by atoms with Gasteiger partial charge in [0.1, 0.15) is 12.0 Å². The third-order valence-corrected chi connectivity index (χ3v) is 4.87. The average Bonchev–Trinajstić information content (AvgIpc) is 3.18. The van der Waals surface area contributed by atoms with Crippen LogP contribution in [0, 0.1) is 19.8 Å². The van der Waals surface area contributed by atoms with Gasteiger partial charge in [0, 0.05) is 42.7 Å². The molecule has 0 spiro atoms. The molecular formula is C19H26FN7O. The van der Waals surface area contributed by atoms with Crippen molar-refractivity contribution in [3.63, 3.8) is 0 Å². The van der Waals surface area contributed by atoms with Crippen LogP contribution in [0.1, 0.15) is 35.2 Å². The summed E-state index contributed by atoms with van der Waals surface area (Å²) in [6.45, 7) is 7.24. The molecule has 0 bridgehead atoms. The second-order valence-electron chi connectivity index (χ2n) is 7.09. The molecule has 1 aromatic rings. The highest BCUT2D eigenvalue weighted by atomic mass is 19.1. The SMILES string of the molecule is Cc1nc(C(=O)N[C@H](C)C2=CC(F)CN=C2)nc(NCCC2C=NNC2)c1C. The van der Waals surface area contributed by atoms with Gasteiger partial charge in [0.15, 0.2) is 0 Å². The average molecular weight is 387 g/mol. The molecule has 2 unspecified atom stereocenters. The van der Waals surface area contributed by atoms with Gasteiger partial charge in [0.05, 0.1) is 12.6 Å². The van der Waals surface area contributed by atoms with E-state index in [2.05, 4.69) is 36.1 Å². The first-order chi connectivity index (χ1) is 13.4. The molecule has 0 fully saturated rings. The molecule has 3 N–H and O–H groups in total. The van der Waals surface area contributed by atoms with E-state index in [0.717, 1.165) is 24.2 Å². The molecular weight excluding hydrogens is 361 g/mol. The molecule has 2 aliphatic heterocycles. The van der Waals surface area contributed by atoms with Crippen molar-refractivity contribution >= 4 is 24.2 Å². The van der Waals surface area contributed by atoms with Gasteiger partial charge in [-0.25, -0.2) is 14.4 Å². The minimum atomic E-state index is -1.12. The molecule has 0 radical (unpaired) electrons. The number of dihydropyridines is 1. The monoisotopic (exact) mass is 387 g/mol. The Kier molecular flexibility index (Phi) is 6.33. The zero-order valence-corrected chi connectivity index (χ0v) is 16.4. The first-order valence-electron chi connectivity index (χ1n) is 9.45. The lowest BCUT2D eigenvalue weighted by Crippen LogP contribution is -2.36. The number of carbonyl (C=O) groups is 1. The third kappa shape index (κ3) is 4.90. The second-order valence-corrected chi connectivity index (χ2v) is 7.09. The third-order valence-electron chi connectivity index (χ3n) is 4.87. The molecule has 3 rings (SSSR count). The molecule has 0 saturated carbocycles. The number of aryl methyl sites for hydroxylation is 1. The van der Waals surface area contributed by atoms with Crippen LogP contribution >= 0.6 is 0 Å². The number of aromatic nitrogens is 2. The number of halogens is 1. The van der Waals surface area contributed by atoms with Gasteiger partial charge < -0.3 is 16.1 Å². The minimum Gasteiger partial charge on any atom is -0.370 e. The van der Waals surface area contributed by atoms with Crippen LogP contribution in [0.5, 0.6) is 0 Å². The van der Waals surface area contributed by atoms with Crippen LogP contribution in [-0.2, 0) is 0 Å². The van der Waals surface area contributed by atoms with Crippen molar-refractivity contribution in [2.75, 3.05) is 25.0 Å². The summed E-state index contributed by atoms with van der Waals surface area (Å²) >= 11 is 0. The summed E-state index contributed by atoms with van der Waals surface area (Å²) < 4.78 is 13.5. The number of aliphatic imine (C=N–C) groups is 1. The summed E-state index contributed by atoms with van der Waals surface area (Å²) in [6, 6.07) is -0.384. The number of nitrogens with zero attached hydrogens (tertiary/aromatic N) is 4. The highest BCUT2D eigenvalue weighted by Crippen LogP contribution is 2.16. The van der Waals surface area contributed by atoms with Crippen LogP contribution in [-0.4, -0.2) is 60.2 Å². The van der Waals surface area contributed by atoms with Crippen molar-refractivity contribution in [1.29, 1.82) is 0 Å². The molecule has 3 atom stereocenters. The van der Waals surface area contributed by atoms with Gasteiger partial charge in [0.2, 0.25) is 5.82 Å². The van der Waals surface area contributed by atoms with E-state index >= 15 is 0 Å². The molecule has 2 aliphatic rings. The summed E-state index contributed by atoms with van der Waals surface area (Å²) in [7, 11) is 0. The van der Waals surface area contributed by atoms with Gasteiger partial charge in [-0.2, -0.15) is 5.10 Å². The highest BCUT2D eigenvalue weighted by molar-refractivity contribution is 5.92. The zero-order chi connectivity index (χ0) is 20.1. The molecule has 0 aromatic carbocycles. The van der Waals surface area contributed by atoms with Gasteiger partial charge >= 0.3 is 0 Å². The number of hydrogen-bond acceptors (Lipinski definition) is 7. The molecule has 28 heavy (non-hydrogen) atoms. The van der Waals surface area contributed by atoms with Crippen LogP contribution in [0.25, 0.3) is 0 Å². The molecule has 1 amide bonds. The first-order valence-corrected chi connectivity index (χ1v) is 9.45. The molecule has 0 saturated heterocycles. The lowest BCUT2D eigenvalue weighted by molar-refractivity contribution is 0.0935. The fourth-order valence-corrected chi connectivity index (χ4v) is 3.00. The van der Waals surface area contributed by atoms with Gasteiger partial charge in [0.25, 0.3) is 5.91 Å². The van der Waals surface area contributed by atoms with E-state index < -0.39 is 12.1 Å². The summed E-state index contributed by atoms with van der Waals surface area (Å²) in [5, 5.41) is 10.1. The number of nitrogens with one attached hydrogen (secondary N) is 3. The van der Waals surface area contributed by atoms with Crippen molar-refractivity contribution in [1.82, 2.24) is 20.7 Å². The van der Waals surface area contributed by atoms with Gasteiger partial charge in [-0.15, -0.1) is 0 Å². The van der Waals surface area contributed by atoms with Crippen molar-refractivity contribution < 1.29 is 9.18 Å². The van der Waals surface area contributed by atoms with E-state index in [4.69, 9.17) is 0 Å². The first kappa shape index (κ1) is 19.9. The highest BCUT2D eigenvalue weighted by Gasteiger charge is 2.20. The summed E-state index contributed by atoms with van der Waals surface area (Å²) in [5.41, 5.74) is 5.22. The van der Waals surface area contributed by atoms with E-state index in [-0.39, 0.29) is 18.4 Å². The number of alkyl halides is 1. The van der Waals surface area contributed by atoms with Gasteiger partial charge in [-0.05, 0) is 38.8 Å². The Labute approximate surface area is 163 Å². The van der Waals surface area contributed by atoms with E-state index in [0.29, 0.717) is 23.9 Å². The maximum Gasteiger partial charge on any atom is 0.289 e. The van der Waals surface area contributed by atoms with Crippen molar-refractivity contribution in [3.05, 3.63) is 28.7 Å².